The Hall–Kier alpha value is -1.32. The second kappa shape index (κ2) is 6.22. The molecule has 0 saturated carbocycles. The molecule has 1 amide bonds. The van der Waals surface area contributed by atoms with Crippen LogP contribution in [-0.4, -0.2) is 17.9 Å². The number of carbonyl (C=O) groups is 1. The number of hydrogen-bond acceptors (Lipinski definition) is 2. The van der Waals surface area contributed by atoms with Gasteiger partial charge in [-0.15, -0.1) is 11.3 Å². The van der Waals surface area contributed by atoms with E-state index in [0.717, 1.165) is 5.56 Å². The molecule has 0 bridgehead atoms. The quantitative estimate of drug-likeness (QED) is 0.837. The van der Waals surface area contributed by atoms with E-state index >= 15 is 0 Å². The lowest BCUT2D eigenvalue weighted by Gasteiger charge is -2.17. The second-order valence-corrected chi connectivity index (χ2v) is 5.95. The Morgan fingerprint density at radius 3 is 2.68 bits per heavy atom. The number of thiophene rings is 1. The lowest BCUT2D eigenvalue weighted by atomic mass is 10.1. The van der Waals surface area contributed by atoms with E-state index in [-0.39, 0.29) is 5.91 Å². The third-order valence-electron chi connectivity index (χ3n) is 3.07. The summed E-state index contributed by atoms with van der Waals surface area (Å²) in [5.41, 5.74) is 2.12. The summed E-state index contributed by atoms with van der Waals surface area (Å²) >= 11 is 7.76. The van der Waals surface area contributed by atoms with Gasteiger partial charge in [0.25, 0.3) is 0 Å². The van der Waals surface area contributed by atoms with E-state index in [0.29, 0.717) is 18.0 Å². The Balaban J connectivity index is 2.00. The highest BCUT2D eigenvalue weighted by Gasteiger charge is 2.13. The van der Waals surface area contributed by atoms with Crippen molar-refractivity contribution in [3.05, 3.63) is 56.7 Å². The lowest BCUT2D eigenvalue weighted by molar-refractivity contribution is -0.129. The maximum Gasteiger partial charge on any atom is 0.227 e. The van der Waals surface area contributed by atoms with E-state index < -0.39 is 0 Å². The van der Waals surface area contributed by atoms with E-state index in [1.807, 2.05) is 31.3 Å². The van der Waals surface area contributed by atoms with E-state index in [4.69, 9.17) is 11.6 Å². The van der Waals surface area contributed by atoms with Crippen molar-refractivity contribution in [2.75, 3.05) is 7.05 Å². The predicted octanol–water partition coefficient (Wildman–Crippen LogP) is 3.91. The maximum absolute atomic E-state index is 12.2. The SMILES string of the molecule is Cc1ccsc1CN(C)C(=O)Cc1ccccc1Cl. The molecule has 2 nitrogen and oxygen atoms in total. The zero-order valence-corrected chi connectivity index (χ0v) is 12.6. The topological polar surface area (TPSA) is 20.3 Å². The van der Waals surface area contributed by atoms with Crippen molar-refractivity contribution in [2.24, 2.45) is 0 Å². The molecular formula is C15H16ClNOS. The summed E-state index contributed by atoms with van der Waals surface area (Å²) in [5, 5.41) is 2.70. The average molecular weight is 294 g/mol. The molecule has 100 valence electrons. The van der Waals surface area contributed by atoms with Gasteiger partial charge in [0, 0.05) is 16.9 Å². The zero-order chi connectivity index (χ0) is 13.8. The number of carbonyl (C=O) groups excluding carboxylic acids is 1. The van der Waals surface area contributed by atoms with Crippen LogP contribution in [0.15, 0.2) is 35.7 Å². The van der Waals surface area contributed by atoms with Crippen LogP contribution < -0.4 is 0 Å². The molecule has 19 heavy (non-hydrogen) atoms. The predicted molar refractivity (Wildman–Crippen MR) is 80.7 cm³/mol. The van der Waals surface area contributed by atoms with Gasteiger partial charge in [0.15, 0.2) is 0 Å². The number of halogens is 1. The van der Waals surface area contributed by atoms with Gasteiger partial charge < -0.3 is 4.90 Å². The number of nitrogens with zero attached hydrogens (tertiary/aromatic N) is 1. The van der Waals surface area contributed by atoms with Crippen molar-refractivity contribution in [1.29, 1.82) is 0 Å². The molecule has 1 aromatic heterocycles. The third kappa shape index (κ3) is 3.58. The first-order valence-corrected chi connectivity index (χ1v) is 7.34. The molecule has 0 N–H and O–H groups in total. The molecule has 0 fully saturated rings. The van der Waals surface area contributed by atoms with Crippen molar-refractivity contribution in [3.63, 3.8) is 0 Å². The number of hydrogen-bond donors (Lipinski definition) is 0. The van der Waals surface area contributed by atoms with Crippen LogP contribution in [0.3, 0.4) is 0 Å². The summed E-state index contributed by atoms with van der Waals surface area (Å²) in [6.07, 6.45) is 0.348. The van der Waals surface area contributed by atoms with Gasteiger partial charge >= 0.3 is 0 Å². The number of benzene rings is 1. The van der Waals surface area contributed by atoms with Crippen LogP contribution in [0.4, 0.5) is 0 Å². The van der Waals surface area contributed by atoms with Gasteiger partial charge in [-0.25, -0.2) is 0 Å². The molecular weight excluding hydrogens is 278 g/mol. The summed E-state index contributed by atoms with van der Waals surface area (Å²) < 4.78 is 0. The molecule has 4 heteroatoms. The zero-order valence-electron chi connectivity index (χ0n) is 11.0. The minimum absolute atomic E-state index is 0.0842. The number of likely N-dealkylation sites (N-methyl/N-ethyl adjacent to an activating group) is 1. The number of amides is 1. The van der Waals surface area contributed by atoms with Crippen molar-refractivity contribution in [1.82, 2.24) is 4.90 Å². The Kier molecular flexibility index (Phi) is 4.61. The summed E-state index contributed by atoms with van der Waals surface area (Å²) in [6.45, 7) is 2.73. The Bertz CT molecular complexity index is 579. The van der Waals surface area contributed by atoms with Crippen molar-refractivity contribution >= 4 is 28.8 Å². The number of aryl methyl sites for hydroxylation is 1. The first kappa shape index (κ1) is 14.1. The molecule has 0 saturated heterocycles. The normalized spacial score (nSPS) is 10.5. The molecule has 0 aliphatic heterocycles. The van der Waals surface area contributed by atoms with Gasteiger partial charge in [-0.3, -0.25) is 4.79 Å². The lowest BCUT2D eigenvalue weighted by Crippen LogP contribution is -2.27. The van der Waals surface area contributed by atoms with Gasteiger partial charge in [-0.2, -0.15) is 0 Å². The first-order chi connectivity index (χ1) is 9.08. The van der Waals surface area contributed by atoms with Gasteiger partial charge in [0.2, 0.25) is 5.91 Å². The largest absolute Gasteiger partial charge is 0.340 e. The monoisotopic (exact) mass is 293 g/mol. The maximum atomic E-state index is 12.2. The minimum Gasteiger partial charge on any atom is -0.340 e. The standard InChI is InChI=1S/C15H16ClNOS/c1-11-7-8-19-14(11)10-17(2)15(18)9-12-5-3-4-6-13(12)16/h3-8H,9-10H2,1-2H3. The number of rotatable bonds is 4. The fourth-order valence-electron chi connectivity index (χ4n) is 1.81. The van der Waals surface area contributed by atoms with Gasteiger partial charge in [0.1, 0.15) is 0 Å². The second-order valence-electron chi connectivity index (χ2n) is 4.54. The van der Waals surface area contributed by atoms with Crippen molar-refractivity contribution in [2.45, 2.75) is 19.9 Å². The molecule has 0 spiro atoms. The van der Waals surface area contributed by atoms with E-state index in [1.165, 1.54) is 10.4 Å². The van der Waals surface area contributed by atoms with Crippen LogP contribution in [0.5, 0.6) is 0 Å². The molecule has 1 heterocycles. The van der Waals surface area contributed by atoms with Crippen LogP contribution in [0.1, 0.15) is 16.0 Å². The Labute approximate surface area is 122 Å². The van der Waals surface area contributed by atoms with E-state index in [1.54, 1.807) is 16.2 Å². The van der Waals surface area contributed by atoms with E-state index in [2.05, 4.69) is 18.4 Å². The highest BCUT2D eigenvalue weighted by Crippen LogP contribution is 2.19. The fourth-order valence-corrected chi connectivity index (χ4v) is 2.97. The van der Waals surface area contributed by atoms with Crippen LogP contribution in [0.2, 0.25) is 5.02 Å². The highest BCUT2D eigenvalue weighted by molar-refractivity contribution is 7.10. The smallest absolute Gasteiger partial charge is 0.227 e. The molecule has 1 aromatic carbocycles. The highest BCUT2D eigenvalue weighted by atomic mass is 35.5. The van der Waals surface area contributed by atoms with Gasteiger partial charge in [0.05, 0.1) is 13.0 Å². The van der Waals surface area contributed by atoms with Crippen LogP contribution >= 0.6 is 22.9 Å². The van der Waals surface area contributed by atoms with Crippen LogP contribution in [-0.2, 0) is 17.8 Å². The van der Waals surface area contributed by atoms with Crippen molar-refractivity contribution in [3.8, 4) is 0 Å². The molecule has 0 unspecified atom stereocenters. The molecule has 0 aliphatic rings. The van der Waals surface area contributed by atoms with Crippen molar-refractivity contribution < 1.29 is 4.79 Å². The van der Waals surface area contributed by atoms with E-state index in [9.17, 15) is 4.79 Å². The van der Waals surface area contributed by atoms with Gasteiger partial charge in [-0.1, -0.05) is 29.8 Å². The molecule has 0 radical (unpaired) electrons. The summed E-state index contributed by atoms with van der Waals surface area (Å²) in [4.78, 5) is 15.2. The summed E-state index contributed by atoms with van der Waals surface area (Å²) in [5.74, 6) is 0.0842. The summed E-state index contributed by atoms with van der Waals surface area (Å²) in [7, 11) is 1.83. The van der Waals surface area contributed by atoms with Crippen LogP contribution in [0.25, 0.3) is 0 Å². The van der Waals surface area contributed by atoms with Crippen LogP contribution in [0, 0.1) is 6.92 Å². The molecule has 0 atom stereocenters. The Morgan fingerprint density at radius 1 is 1.32 bits per heavy atom. The molecule has 2 aromatic rings. The molecule has 2 rings (SSSR count). The van der Waals surface area contributed by atoms with Gasteiger partial charge in [-0.05, 0) is 35.6 Å². The average Bonchev–Trinajstić information content (AvgIpc) is 2.78. The molecule has 0 aliphatic carbocycles. The fraction of sp³-hybridized carbons (Fsp3) is 0.267. The Morgan fingerprint density at radius 2 is 2.05 bits per heavy atom. The first-order valence-electron chi connectivity index (χ1n) is 6.08. The summed E-state index contributed by atoms with van der Waals surface area (Å²) in [6, 6.07) is 9.55. The minimum atomic E-state index is 0.0842. The third-order valence-corrected chi connectivity index (χ3v) is 4.45.